The minimum absolute atomic E-state index is 0.164. The number of hydrogen-bond donors (Lipinski definition) is 3. The molecule has 0 spiro atoms. The Morgan fingerprint density at radius 2 is 1.64 bits per heavy atom. The lowest BCUT2D eigenvalue weighted by Crippen LogP contribution is -2.32. The Morgan fingerprint density at radius 1 is 0.923 bits per heavy atom. The lowest BCUT2D eigenvalue weighted by atomic mass is 10.1. The van der Waals surface area contributed by atoms with Gasteiger partial charge in [0.15, 0.2) is 5.65 Å². The maximum atomic E-state index is 12.9. The van der Waals surface area contributed by atoms with Gasteiger partial charge >= 0.3 is 0 Å². The Kier molecular flexibility index (Phi) is 6.82. The zero-order valence-corrected chi connectivity index (χ0v) is 22.1. The van der Waals surface area contributed by atoms with Crippen LogP contribution in [0.3, 0.4) is 0 Å². The number of benzene rings is 3. The highest BCUT2D eigenvalue weighted by atomic mass is 32.2. The minimum atomic E-state index is -3.67. The molecule has 39 heavy (non-hydrogen) atoms. The molecule has 5 aromatic rings. The van der Waals surface area contributed by atoms with Gasteiger partial charge in [0.25, 0.3) is 0 Å². The van der Waals surface area contributed by atoms with Gasteiger partial charge in [-0.1, -0.05) is 66.7 Å². The topological polar surface area (TPSA) is 128 Å². The third-order valence-electron chi connectivity index (χ3n) is 7.10. The summed E-state index contributed by atoms with van der Waals surface area (Å²) in [5, 5.41) is 9.07. The zero-order valence-electron chi connectivity index (χ0n) is 21.3. The number of sulfonamides is 1. The molecule has 1 aliphatic heterocycles. The van der Waals surface area contributed by atoms with Gasteiger partial charge in [0.05, 0.1) is 16.3 Å². The van der Waals surface area contributed by atoms with Gasteiger partial charge in [0.2, 0.25) is 10.0 Å². The molecule has 4 N–H and O–H groups in total. The van der Waals surface area contributed by atoms with Crippen LogP contribution < -0.4 is 15.8 Å². The molecule has 1 fully saturated rings. The van der Waals surface area contributed by atoms with Crippen LogP contribution >= 0.6 is 0 Å². The Hall–Kier alpha value is -4.12. The second kappa shape index (κ2) is 10.6. The van der Waals surface area contributed by atoms with E-state index in [1.165, 1.54) is 6.33 Å². The number of nitrogen functional groups attached to an aromatic ring is 1. The van der Waals surface area contributed by atoms with E-state index in [1.807, 2.05) is 71.4 Å². The highest BCUT2D eigenvalue weighted by Crippen LogP contribution is 2.33. The van der Waals surface area contributed by atoms with Crippen molar-refractivity contribution in [2.45, 2.75) is 30.3 Å². The predicted octanol–water partition coefficient (Wildman–Crippen LogP) is 4.15. The summed E-state index contributed by atoms with van der Waals surface area (Å²) in [7, 11) is -3.67. The Balaban J connectivity index is 1.20. The van der Waals surface area contributed by atoms with E-state index in [1.54, 1.807) is 12.1 Å². The highest BCUT2D eigenvalue weighted by Gasteiger charge is 2.23. The van der Waals surface area contributed by atoms with Gasteiger partial charge in [-0.05, 0) is 48.2 Å². The second-order valence-electron chi connectivity index (χ2n) is 9.66. The molecule has 0 saturated carbocycles. The van der Waals surface area contributed by atoms with Crippen LogP contribution in [0.15, 0.2) is 90.1 Å². The molecular formula is C29H29N7O2S. The molecule has 0 bridgehead atoms. The number of nitrogens with one attached hydrogen (secondary N) is 2. The summed E-state index contributed by atoms with van der Waals surface area (Å²) < 4.78 is 30.5. The van der Waals surface area contributed by atoms with Crippen molar-refractivity contribution >= 4 is 26.9 Å². The van der Waals surface area contributed by atoms with E-state index in [4.69, 9.17) is 10.8 Å². The third-order valence-corrected chi connectivity index (χ3v) is 8.52. The predicted molar refractivity (Wildman–Crippen MR) is 152 cm³/mol. The van der Waals surface area contributed by atoms with Crippen LogP contribution in [0.1, 0.15) is 24.4 Å². The van der Waals surface area contributed by atoms with Crippen LogP contribution in [0.2, 0.25) is 0 Å². The maximum absolute atomic E-state index is 12.9. The monoisotopic (exact) mass is 539 g/mol. The van der Waals surface area contributed by atoms with E-state index in [0.717, 1.165) is 64.9 Å². The largest absolute Gasteiger partial charge is 0.383 e. The number of fused-ring (bicyclic) bond motifs is 1. The lowest BCUT2D eigenvalue weighted by molar-refractivity contribution is 0.354. The van der Waals surface area contributed by atoms with Gasteiger partial charge in [-0.15, -0.1) is 0 Å². The van der Waals surface area contributed by atoms with E-state index < -0.39 is 10.0 Å². The number of rotatable bonds is 7. The van der Waals surface area contributed by atoms with E-state index >= 15 is 0 Å². The molecule has 1 saturated heterocycles. The van der Waals surface area contributed by atoms with Crippen molar-refractivity contribution in [3.05, 3.63) is 90.8 Å². The van der Waals surface area contributed by atoms with E-state index in [-0.39, 0.29) is 17.5 Å². The average Bonchev–Trinajstić information content (AvgIpc) is 3.38. The van der Waals surface area contributed by atoms with Crippen LogP contribution in [-0.4, -0.2) is 41.3 Å². The molecule has 0 amide bonds. The van der Waals surface area contributed by atoms with Gasteiger partial charge in [0, 0.05) is 18.7 Å². The van der Waals surface area contributed by atoms with Crippen molar-refractivity contribution in [3.63, 3.8) is 0 Å². The summed E-state index contributed by atoms with van der Waals surface area (Å²) in [4.78, 5) is 8.92. The van der Waals surface area contributed by atoms with E-state index in [2.05, 4.69) is 20.0 Å². The molecule has 6 rings (SSSR count). The fourth-order valence-electron chi connectivity index (χ4n) is 4.99. The molecule has 1 atom stereocenters. The van der Waals surface area contributed by atoms with Crippen LogP contribution in [0, 0.1) is 0 Å². The summed E-state index contributed by atoms with van der Waals surface area (Å²) in [6.07, 6.45) is 3.56. The zero-order chi connectivity index (χ0) is 26.8. The molecule has 1 aliphatic rings. The van der Waals surface area contributed by atoms with Gasteiger partial charge < -0.3 is 11.1 Å². The van der Waals surface area contributed by atoms with Gasteiger partial charge in [-0.25, -0.2) is 27.8 Å². The van der Waals surface area contributed by atoms with Crippen molar-refractivity contribution in [3.8, 4) is 22.4 Å². The van der Waals surface area contributed by atoms with Crippen LogP contribution in [0.5, 0.6) is 0 Å². The van der Waals surface area contributed by atoms with Crippen LogP contribution in [-0.2, 0) is 16.6 Å². The second-order valence-corrected chi connectivity index (χ2v) is 11.4. The first-order valence-corrected chi connectivity index (χ1v) is 14.4. The Morgan fingerprint density at radius 3 is 2.36 bits per heavy atom. The standard InChI is InChI=1S/C29H29N7O2S/c30-28-26-27(35-36(29(26)33-19-32-28)24-7-4-16-31-18-24)23-10-8-20(9-11-23)17-34-39(37,38)25-14-12-22(13-15-25)21-5-2-1-3-6-21/h1-3,5-6,8-15,19,24,31,34H,4,7,16-18H2,(H2,30,32,33). The summed E-state index contributed by atoms with van der Waals surface area (Å²) >= 11 is 0. The summed E-state index contributed by atoms with van der Waals surface area (Å²) in [6, 6.07) is 24.6. The average molecular weight is 540 g/mol. The molecule has 9 nitrogen and oxygen atoms in total. The first kappa shape index (κ1) is 25.2. The molecule has 10 heteroatoms. The maximum Gasteiger partial charge on any atom is 0.240 e. The molecule has 2 aromatic heterocycles. The van der Waals surface area contributed by atoms with E-state index in [9.17, 15) is 8.42 Å². The molecular weight excluding hydrogens is 510 g/mol. The Bertz CT molecular complexity index is 1700. The third kappa shape index (κ3) is 5.14. The van der Waals surface area contributed by atoms with Crippen molar-refractivity contribution < 1.29 is 8.42 Å². The fraction of sp³-hybridized carbons (Fsp3) is 0.207. The van der Waals surface area contributed by atoms with Crippen LogP contribution in [0.25, 0.3) is 33.4 Å². The van der Waals surface area contributed by atoms with Crippen molar-refractivity contribution in [2.75, 3.05) is 18.8 Å². The molecule has 1 unspecified atom stereocenters. The van der Waals surface area contributed by atoms with Gasteiger partial charge in [-0.3, -0.25) is 0 Å². The summed E-state index contributed by atoms with van der Waals surface area (Å²) in [5.41, 5.74) is 11.4. The summed E-state index contributed by atoms with van der Waals surface area (Å²) in [5.74, 6) is 0.389. The molecule has 0 radical (unpaired) electrons. The number of hydrogen-bond acceptors (Lipinski definition) is 7. The Labute approximate surface area is 227 Å². The minimum Gasteiger partial charge on any atom is -0.383 e. The van der Waals surface area contributed by atoms with Gasteiger partial charge in [-0.2, -0.15) is 5.10 Å². The number of piperidine rings is 1. The number of aromatic nitrogens is 4. The van der Waals surface area contributed by atoms with Crippen molar-refractivity contribution in [1.29, 1.82) is 0 Å². The normalized spacial score (nSPS) is 15.9. The van der Waals surface area contributed by atoms with Crippen LogP contribution in [0.4, 0.5) is 5.82 Å². The van der Waals surface area contributed by atoms with E-state index in [0.29, 0.717) is 5.82 Å². The fourth-order valence-corrected chi connectivity index (χ4v) is 6.01. The lowest BCUT2D eigenvalue weighted by Gasteiger charge is -2.23. The molecule has 198 valence electrons. The number of anilines is 1. The van der Waals surface area contributed by atoms with Gasteiger partial charge in [0.1, 0.15) is 17.8 Å². The van der Waals surface area contributed by atoms with Crippen molar-refractivity contribution in [2.24, 2.45) is 0 Å². The first-order valence-electron chi connectivity index (χ1n) is 12.9. The molecule has 3 aromatic carbocycles. The smallest absolute Gasteiger partial charge is 0.240 e. The van der Waals surface area contributed by atoms with Crippen molar-refractivity contribution in [1.82, 2.24) is 29.8 Å². The SMILES string of the molecule is Nc1ncnc2c1c(-c1ccc(CNS(=O)(=O)c3ccc(-c4ccccc4)cc3)cc1)nn2C1CCCNC1. The first-order chi connectivity index (χ1) is 19.0. The molecule has 0 aliphatic carbocycles. The number of nitrogens with zero attached hydrogens (tertiary/aromatic N) is 4. The summed E-state index contributed by atoms with van der Waals surface area (Å²) in [6.45, 7) is 2.00. The molecule has 3 heterocycles. The number of nitrogens with two attached hydrogens (primary N) is 1. The quantitative estimate of drug-likeness (QED) is 0.284. The highest BCUT2D eigenvalue weighted by molar-refractivity contribution is 7.89.